The van der Waals surface area contributed by atoms with Crippen LogP contribution in [0.5, 0.6) is 0 Å². The van der Waals surface area contributed by atoms with Crippen LogP contribution in [0.2, 0.25) is 0 Å². The summed E-state index contributed by atoms with van der Waals surface area (Å²) in [5.74, 6) is 1.77. The molecule has 0 aliphatic carbocycles. The number of aromatic nitrogens is 5. The van der Waals surface area contributed by atoms with E-state index in [2.05, 4.69) is 96.2 Å². The van der Waals surface area contributed by atoms with Crippen molar-refractivity contribution in [2.45, 2.75) is 40.0 Å². The first-order valence-electron chi connectivity index (χ1n) is 13.2. The Morgan fingerprint density at radius 1 is 0.789 bits per heavy atom. The summed E-state index contributed by atoms with van der Waals surface area (Å²) in [6.45, 7) is 8.69. The number of aliphatic imine (C=N–C) groups is 1. The zero-order valence-electron chi connectivity index (χ0n) is 21.9. The van der Waals surface area contributed by atoms with Crippen molar-refractivity contribution < 1.29 is 0 Å². The Balaban J connectivity index is 1.32. The van der Waals surface area contributed by atoms with Crippen LogP contribution in [0.25, 0.3) is 55.1 Å². The Hall–Kier alpha value is -4.45. The highest BCUT2D eigenvalue weighted by Gasteiger charge is 2.24. The predicted octanol–water partition coefficient (Wildman–Crippen LogP) is 7.80. The van der Waals surface area contributed by atoms with Gasteiger partial charge in [0.15, 0.2) is 0 Å². The Bertz CT molecular complexity index is 1910. The fourth-order valence-electron chi connectivity index (χ4n) is 5.40. The van der Waals surface area contributed by atoms with Crippen LogP contribution in [0.3, 0.4) is 0 Å². The summed E-state index contributed by atoms with van der Waals surface area (Å²) in [5.41, 5.74) is 9.53. The first-order chi connectivity index (χ1) is 18.5. The highest BCUT2D eigenvalue weighted by Crippen LogP contribution is 2.42. The van der Waals surface area contributed by atoms with Gasteiger partial charge in [-0.25, -0.2) is 19.9 Å². The van der Waals surface area contributed by atoms with Crippen LogP contribution in [0.1, 0.15) is 45.0 Å². The summed E-state index contributed by atoms with van der Waals surface area (Å²) < 4.78 is 0. The molecule has 6 aromatic rings. The maximum absolute atomic E-state index is 5.03. The van der Waals surface area contributed by atoms with Crippen molar-refractivity contribution in [3.63, 3.8) is 0 Å². The molecule has 7 rings (SSSR count). The number of benzene rings is 3. The first kappa shape index (κ1) is 22.7. The molecule has 0 radical (unpaired) electrons. The smallest absolute Gasteiger partial charge is 0.116 e. The maximum atomic E-state index is 5.03. The largest absolute Gasteiger partial charge is 0.342 e. The molecule has 1 aliphatic heterocycles. The summed E-state index contributed by atoms with van der Waals surface area (Å²) in [6.07, 6.45) is 6.31. The van der Waals surface area contributed by atoms with Gasteiger partial charge in [-0.15, -0.1) is 0 Å². The third kappa shape index (κ3) is 3.59. The standard InChI is InChI=1S/C32H28N6/c1-17(2)28-13-24-22-8-5-21(12-23(22)25-14-33-16-35-30(25)31(24)37-28)27-9-6-19-11-20(7-10-26(19)36-27)29-15-34-32(38-29)18(3)4/h5-12,14-18H,13H2,1-4H3,(H,34,38). The molecule has 0 spiro atoms. The molecule has 0 unspecified atom stereocenters. The molecule has 0 bridgehead atoms. The van der Waals surface area contributed by atoms with Crippen LogP contribution in [-0.4, -0.2) is 30.6 Å². The van der Waals surface area contributed by atoms with E-state index < -0.39 is 0 Å². The summed E-state index contributed by atoms with van der Waals surface area (Å²) in [5, 5.41) is 4.50. The van der Waals surface area contributed by atoms with E-state index >= 15 is 0 Å². The van der Waals surface area contributed by atoms with Gasteiger partial charge in [0.1, 0.15) is 17.7 Å². The lowest BCUT2D eigenvalue weighted by Crippen LogP contribution is -2.06. The number of H-pyrrole nitrogens is 1. The summed E-state index contributed by atoms with van der Waals surface area (Å²) in [7, 11) is 0. The van der Waals surface area contributed by atoms with E-state index in [9.17, 15) is 0 Å². The van der Waals surface area contributed by atoms with Crippen LogP contribution in [0.4, 0.5) is 5.69 Å². The second-order valence-corrected chi connectivity index (χ2v) is 10.7. The number of hydrogen-bond acceptors (Lipinski definition) is 5. The first-order valence-corrected chi connectivity index (χ1v) is 13.2. The van der Waals surface area contributed by atoms with Gasteiger partial charge >= 0.3 is 0 Å². The Morgan fingerprint density at radius 3 is 2.47 bits per heavy atom. The van der Waals surface area contributed by atoms with Gasteiger partial charge in [0.25, 0.3) is 0 Å². The van der Waals surface area contributed by atoms with E-state index in [0.717, 1.165) is 67.6 Å². The fraction of sp³-hybridized carbons (Fsp3) is 0.219. The number of nitrogens with zero attached hydrogens (tertiary/aromatic N) is 5. The molecule has 3 aromatic heterocycles. The minimum Gasteiger partial charge on any atom is -0.342 e. The lowest BCUT2D eigenvalue weighted by Gasteiger charge is -2.12. The van der Waals surface area contributed by atoms with Crippen LogP contribution < -0.4 is 0 Å². The molecule has 1 aliphatic rings. The molecule has 186 valence electrons. The van der Waals surface area contributed by atoms with Crippen LogP contribution in [0.15, 0.2) is 72.2 Å². The Kier molecular flexibility index (Phi) is 5.11. The SMILES string of the molecule is CC(C)C1=Nc2c(c3ccc(-c4ccc5cc(-c6cnc(C(C)C)[nH]6)ccc5n4)cc3c3cncnc23)C1. The molecule has 38 heavy (non-hydrogen) atoms. The quantitative estimate of drug-likeness (QED) is 0.253. The number of nitrogens with one attached hydrogen (secondary N) is 1. The number of fused-ring (bicyclic) bond motifs is 7. The molecule has 0 atom stereocenters. The summed E-state index contributed by atoms with van der Waals surface area (Å²) in [6, 6.07) is 17.2. The van der Waals surface area contributed by atoms with Crippen molar-refractivity contribution in [2.75, 3.05) is 0 Å². The zero-order valence-corrected chi connectivity index (χ0v) is 21.9. The van der Waals surface area contributed by atoms with E-state index in [1.165, 1.54) is 16.7 Å². The van der Waals surface area contributed by atoms with E-state index in [0.29, 0.717) is 11.8 Å². The lowest BCUT2D eigenvalue weighted by molar-refractivity contribution is 0.795. The highest BCUT2D eigenvalue weighted by molar-refractivity contribution is 6.17. The van der Waals surface area contributed by atoms with Gasteiger partial charge in [-0.1, -0.05) is 52.0 Å². The number of rotatable bonds is 4. The van der Waals surface area contributed by atoms with Crippen LogP contribution in [0, 0.1) is 5.92 Å². The van der Waals surface area contributed by atoms with E-state index in [4.69, 9.17) is 9.98 Å². The molecular weight excluding hydrogens is 468 g/mol. The molecule has 6 nitrogen and oxygen atoms in total. The van der Waals surface area contributed by atoms with Gasteiger partial charge in [-0.3, -0.25) is 4.99 Å². The van der Waals surface area contributed by atoms with Crippen molar-refractivity contribution in [3.8, 4) is 22.5 Å². The summed E-state index contributed by atoms with van der Waals surface area (Å²) in [4.78, 5) is 27.0. The Labute approximate surface area is 220 Å². The molecule has 1 N–H and O–H groups in total. The molecule has 0 amide bonds. The molecule has 4 heterocycles. The average Bonchev–Trinajstić information content (AvgIpc) is 3.61. The van der Waals surface area contributed by atoms with Crippen molar-refractivity contribution in [1.29, 1.82) is 0 Å². The van der Waals surface area contributed by atoms with Gasteiger partial charge in [0, 0.05) is 46.1 Å². The van der Waals surface area contributed by atoms with Crippen molar-refractivity contribution >= 4 is 44.0 Å². The normalized spacial score (nSPS) is 13.3. The number of imidazole rings is 1. The van der Waals surface area contributed by atoms with E-state index in [-0.39, 0.29) is 0 Å². The van der Waals surface area contributed by atoms with Gasteiger partial charge in [0.2, 0.25) is 0 Å². The second-order valence-electron chi connectivity index (χ2n) is 10.7. The number of pyridine rings is 1. The highest BCUT2D eigenvalue weighted by atomic mass is 14.9. The molecule has 0 saturated carbocycles. The van der Waals surface area contributed by atoms with Gasteiger partial charge in [0.05, 0.1) is 28.8 Å². The number of aromatic amines is 1. The van der Waals surface area contributed by atoms with E-state index in [1.54, 1.807) is 6.33 Å². The average molecular weight is 497 g/mol. The minimum atomic E-state index is 0.366. The molecule has 0 saturated heterocycles. The van der Waals surface area contributed by atoms with Crippen molar-refractivity contribution in [3.05, 3.63) is 78.6 Å². The fourth-order valence-corrected chi connectivity index (χ4v) is 5.40. The van der Waals surface area contributed by atoms with Gasteiger partial charge in [-0.2, -0.15) is 0 Å². The van der Waals surface area contributed by atoms with Crippen molar-refractivity contribution in [2.24, 2.45) is 10.9 Å². The van der Waals surface area contributed by atoms with Gasteiger partial charge < -0.3 is 4.98 Å². The summed E-state index contributed by atoms with van der Waals surface area (Å²) >= 11 is 0. The maximum Gasteiger partial charge on any atom is 0.116 e. The van der Waals surface area contributed by atoms with Gasteiger partial charge in [-0.05, 0) is 46.5 Å². The topological polar surface area (TPSA) is 79.7 Å². The monoisotopic (exact) mass is 496 g/mol. The van der Waals surface area contributed by atoms with Crippen LogP contribution >= 0.6 is 0 Å². The molecule has 6 heteroatoms. The Morgan fingerprint density at radius 2 is 1.66 bits per heavy atom. The molecular formula is C32H28N6. The zero-order chi connectivity index (χ0) is 26.0. The van der Waals surface area contributed by atoms with Crippen LogP contribution in [-0.2, 0) is 6.42 Å². The molecule has 3 aromatic carbocycles. The second kappa shape index (κ2) is 8.55. The van der Waals surface area contributed by atoms with Crippen molar-refractivity contribution in [1.82, 2.24) is 24.9 Å². The third-order valence-corrected chi connectivity index (χ3v) is 7.58. The molecule has 0 fully saturated rings. The minimum absolute atomic E-state index is 0.366. The third-order valence-electron chi connectivity index (χ3n) is 7.58. The number of hydrogen-bond donors (Lipinski definition) is 1. The predicted molar refractivity (Wildman–Crippen MR) is 155 cm³/mol. The van der Waals surface area contributed by atoms with E-state index in [1.807, 2.05) is 12.4 Å². The lowest BCUT2D eigenvalue weighted by atomic mass is 9.93.